The van der Waals surface area contributed by atoms with Crippen molar-refractivity contribution in [1.82, 2.24) is 15.2 Å². The van der Waals surface area contributed by atoms with E-state index in [-0.39, 0.29) is 6.61 Å². The molecule has 0 aromatic carbocycles. The average molecular weight is 223 g/mol. The Hall–Kier alpha value is -1.11. The van der Waals surface area contributed by atoms with Crippen molar-refractivity contribution in [3.63, 3.8) is 0 Å². The maximum absolute atomic E-state index is 11.7. The van der Waals surface area contributed by atoms with E-state index in [2.05, 4.69) is 19.9 Å². The van der Waals surface area contributed by atoms with Gasteiger partial charge >= 0.3 is 6.18 Å². The van der Waals surface area contributed by atoms with Crippen molar-refractivity contribution < 1.29 is 17.9 Å². The van der Waals surface area contributed by atoms with E-state index in [0.29, 0.717) is 24.5 Å². The first-order valence-electron chi connectivity index (χ1n) is 4.56. The summed E-state index contributed by atoms with van der Waals surface area (Å²) in [7, 11) is 0. The maximum atomic E-state index is 11.7. The van der Waals surface area contributed by atoms with Crippen molar-refractivity contribution in [3.05, 3.63) is 11.6 Å². The second-order valence-corrected chi connectivity index (χ2v) is 2.97. The Morgan fingerprint density at radius 3 is 2.67 bits per heavy atom. The van der Waals surface area contributed by atoms with Crippen LogP contribution in [0, 0.1) is 0 Å². The highest BCUT2D eigenvalue weighted by molar-refractivity contribution is 4.89. The van der Waals surface area contributed by atoms with Gasteiger partial charge in [-0.25, -0.2) is 4.98 Å². The molecule has 0 bridgehead atoms. The number of aryl methyl sites for hydroxylation is 1. The molecule has 4 nitrogen and oxygen atoms in total. The third-order valence-corrected chi connectivity index (χ3v) is 1.64. The number of aromatic nitrogens is 3. The van der Waals surface area contributed by atoms with Gasteiger partial charge in [0.05, 0.1) is 6.61 Å². The van der Waals surface area contributed by atoms with Gasteiger partial charge in [-0.2, -0.15) is 18.3 Å². The lowest BCUT2D eigenvalue weighted by Crippen LogP contribution is -2.18. The first kappa shape index (κ1) is 12.0. The zero-order valence-electron chi connectivity index (χ0n) is 8.26. The summed E-state index contributed by atoms with van der Waals surface area (Å²) in [6.07, 6.45) is -3.26. The second-order valence-electron chi connectivity index (χ2n) is 2.97. The minimum absolute atomic E-state index is 0.0160. The van der Waals surface area contributed by atoms with Crippen LogP contribution in [-0.2, 0) is 17.6 Å². The molecular weight excluding hydrogens is 211 g/mol. The molecule has 0 amide bonds. The molecule has 0 saturated heterocycles. The zero-order valence-corrected chi connectivity index (χ0v) is 8.26. The van der Waals surface area contributed by atoms with Crippen LogP contribution >= 0.6 is 0 Å². The summed E-state index contributed by atoms with van der Waals surface area (Å²) >= 11 is 0. The monoisotopic (exact) mass is 223 g/mol. The second kappa shape index (κ2) is 5.11. The Balaban J connectivity index is 2.20. The predicted octanol–water partition coefficient (Wildman–Crippen LogP) is 1.49. The van der Waals surface area contributed by atoms with Gasteiger partial charge in [-0.15, -0.1) is 0 Å². The summed E-state index contributed by atoms with van der Waals surface area (Å²) in [4.78, 5) is 4.03. The van der Waals surface area contributed by atoms with E-state index in [1.807, 2.05) is 6.92 Å². The Morgan fingerprint density at radius 2 is 2.13 bits per heavy atom. The third-order valence-electron chi connectivity index (χ3n) is 1.64. The van der Waals surface area contributed by atoms with Gasteiger partial charge < -0.3 is 4.74 Å². The number of alkyl halides is 3. The molecule has 1 aromatic rings. The van der Waals surface area contributed by atoms with Crippen LogP contribution in [-0.4, -0.2) is 34.6 Å². The van der Waals surface area contributed by atoms with E-state index in [4.69, 9.17) is 0 Å². The van der Waals surface area contributed by atoms with Crippen molar-refractivity contribution in [2.75, 3.05) is 13.2 Å². The molecule has 0 atom stereocenters. The molecular formula is C8H12F3N3O. The molecule has 1 aromatic heterocycles. The standard InChI is InChI=1S/C8H12F3N3O/c1-2-6-12-7(14-13-6)3-4-15-5-8(9,10)11/h2-5H2,1H3,(H,12,13,14). The van der Waals surface area contributed by atoms with Crippen molar-refractivity contribution >= 4 is 0 Å². The molecule has 0 radical (unpaired) electrons. The van der Waals surface area contributed by atoms with E-state index in [0.717, 1.165) is 0 Å². The normalized spacial score (nSPS) is 12.0. The van der Waals surface area contributed by atoms with E-state index >= 15 is 0 Å². The van der Waals surface area contributed by atoms with Gasteiger partial charge in [-0.1, -0.05) is 6.92 Å². The van der Waals surface area contributed by atoms with Gasteiger partial charge in [0.15, 0.2) is 0 Å². The van der Waals surface area contributed by atoms with Crippen LogP contribution < -0.4 is 0 Å². The number of hydrogen-bond donors (Lipinski definition) is 1. The molecule has 0 aliphatic heterocycles. The fourth-order valence-electron chi connectivity index (χ4n) is 0.961. The van der Waals surface area contributed by atoms with Gasteiger partial charge in [0.25, 0.3) is 0 Å². The van der Waals surface area contributed by atoms with Crippen LogP contribution in [0.4, 0.5) is 13.2 Å². The molecule has 1 N–H and O–H groups in total. The summed E-state index contributed by atoms with van der Waals surface area (Å²) in [5.41, 5.74) is 0. The van der Waals surface area contributed by atoms with Crippen LogP contribution in [0.15, 0.2) is 0 Å². The highest BCUT2D eigenvalue weighted by Crippen LogP contribution is 2.14. The number of halogens is 3. The largest absolute Gasteiger partial charge is 0.411 e. The van der Waals surface area contributed by atoms with Crippen LogP contribution in [0.2, 0.25) is 0 Å². The molecule has 0 fully saturated rings. The van der Waals surface area contributed by atoms with Gasteiger partial charge in [-0.05, 0) is 0 Å². The Labute approximate surface area is 84.8 Å². The fourth-order valence-corrected chi connectivity index (χ4v) is 0.961. The van der Waals surface area contributed by atoms with Crippen molar-refractivity contribution in [1.29, 1.82) is 0 Å². The van der Waals surface area contributed by atoms with E-state index < -0.39 is 12.8 Å². The van der Waals surface area contributed by atoms with Gasteiger partial charge in [0.2, 0.25) is 0 Å². The Bertz CT molecular complexity index is 298. The molecule has 7 heteroatoms. The highest BCUT2D eigenvalue weighted by Gasteiger charge is 2.27. The Morgan fingerprint density at radius 1 is 1.40 bits per heavy atom. The third kappa shape index (κ3) is 4.78. The summed E-state index contributed by atoms with van der Waals surface area (Å²) in [5.74, 6) is 1.20. The average Bonchev–Trinajstić information content (AvgIpc) is 2.59. The summed E-state index contributed by atoms with van der Waals surface area (Å²) in [6.45, 7) is 0.659. The topological polar surface area (TPSA) is 50.8 Å². The number of rotatable bonds is 5. The van der Waals surface area contributed by atoms with Crippen LogP contribution in [0.1, 0.15) is 18.6 Å². The molecule has 0 aliphatic carbocycles. The Kier molecular flexibility index (Phi) is 4.07. The van der Waals surface area contributed by atoms with Gasteiger partial charge in [0, 0.05) is 12.8 Å². The SMILES string of the molecule is CCc1n[nH]c(CCOCC(F)(F)F)n1. The molecule has 0 unspecified atom stereocenters. The lowest BCUT2D eigenvalue weighted by molar-refractivity contribution is -0.173. The van der Waals surface area contributed by atoms with Crippen LogP contribution in [0.25, 0.3) is 0 Å². The number of aromatic amines is 1. The van der Waals surface area contributed by atoms with Crippen molar-refractivity contribution in [2.45, 2.75) is 25.9 Å². The summed E-state index contributed by atoms with van der Waals surface area (Å²) < 4.78 is 39.5. The number of nitrogens with one attached hydrogen (secondary N) is 1. The highest BCUT2D eigenvalue weighted by atomic mass is 19.4. The lowest BCUT2D eigenvalue weighted by Gasteiger charge is -2.05. The zero-order chi connectivity index (χ0) is 11.3. The van der Waals surface area contributed by atoms with E-state index in [1.54, 1.807) is 0 Å². The van der Waals surface area contributed by atoms with Crippen LogP contribution in [0.5, 0.6) is 0 Å². The molecule has 1 rings (SSSR count). The minimum atomic E-state index is -4.27. The fraction of sp³-hybridized carbons (Fsp3) is 0.750. The molecule has 0 aliphatic rings. The van der Waals surface area contributed by atoms with Gasteiger partial charge in [-0.3, -0.25) is 5.10 Å². The van der Waals surface area contributed by atoms with Gasteiger partial charge in [0.1, 0.15) is 18.3 Å². The predicted molar refractivity (Wildman–Crippen MR) is 46.3 cm³/mol. The number of nitrogens with zero attached hydrogens (tertiary/aromatic N) is 2. The molecule has 1 heterocycles. The van der Waals surface area contributed by atoms with Crippen LogP contribution in [0.3, 0.4) is 0 Å². The van der Waals surface area contributed by atoms with E-state index in [1.165, 1.54) is 0 Å². The number of ether oxygens (including phenoxy) is 1. The van der Waals surface area contributed by atoms with Crippen molar-refractivity contribution in [3.8, 4) is 0 Å². The number of hydrogen-bond acceptors (Lipinski definition) is 3. The lowest BCUT2D eigenvalue weighted by atomic mass is 10.4. The smallest absolute Gasteiger partial charge is 0.372 e. The molecule has 0 saturated carbocycles. The molecule has 15 heavy (non-hydrogen) atoms. The molecule has 0 spiro atoms. The van der Waals surface area contributed by atoms with E-state index in [9.17, 15) is 13.2 Å². The minimum Gasteiger partial charge on any atom is -0.372 e. The first-order valence-corrected chi connectivity index (χ1v) is 4.56. The van der Waals surface area contributed by atoms with Crippen molar-refractivity contribution in [2.24, 2.45) is 0 Å². The first-order chi connectivity index (χ1) is 7.01. The quantitative estimate of drug-likeness (QED) is 0.769. The number of H-pyrrole nitrogens is 1. The summed E-state index contributed by atoms with van der Waals surface area (Å²) in [5, 5.41) is 6.48. The summed E-state index contributed by atoms with van der Waals surface area (Å²) in [6, 6.07) is 0. The maximum Gasteiger partial charge on any atom is 0.411 e. The molecule has 86 valence electrons.